The number of anilines is 2. The molecular weight excluding hydrogens is 857 g/mol. The van der Waals surface area contributed by atoms with Gasteiger partial charge in [0.2, 0.25) is 0 Å². The van der Waals surface area contributed by atoms with Crippen molar-refractivity contribution < 1.29 is 27.6 Å². The first kappa shape index (κ1) is 44.1. The van der Waals surface area contributed by atoms with Crippen LogP contribution in [-0.4, -0.2) is 77.4 Å². The number of nitro groups is 1. The summed E-state index contributed by atoms with van der Waals surface area (Å²) in [4.78, 5) is 42.3. The van der Waals surface area contributed by atoms with Gasteiger partial charge in [0.1, 0.15) is 23.8 Å². The minimum atomic E-state index is -4.74. The highest BCUT2D eigenvalue weighted by Crippen LogP contribution is 2.54. The summed E-state index contributed by atoms with van der Waals surface area (Å²) in [6.45, 7) is 12.1. The van der Waals surface area contributed by atoms with E-state index in [2.05, 4.69) is 86.8 Å². The van der Waals surface area contributed by atoms with Gasteiger partial charge in [-0.2, -0.15) is 8.42 Å². The van der Waals surface area contributed by atoms with Crippen molar-refractivity contribution >= 4 is 44.2 Å². The molecule has 3 N–H and O–H groups in total. The number of carbonyl (C=O) groups is 1. The van der Waals surface area contributed by atoms with E-state index < -0.39 is 31.7 Å². The van der Waals surface area contributed by atoms with Crippen LogP contribution < -0.4 is 24.4 Å². The van der Waals surface area contributed by atoms with Crippen LogP contribution >= 0.6 is 0 Å². The maximum absolute atomic E-state index is 14.1. The molecule has 2 aliphatic carbocycles. The summed E-state index contributed by atoms with van der Waals surface area (Å²) < 4.78 is 42.3. The normalized spacial score (nSPS) is 22.1. The van der Waals surface area contributed by atoms with Crippen LogP contribution in [0.25, 0.3) is 11.0 Å². The number of H-pyrrole nitrogens is 1. The Bertz CT molecular complexity index is 2770. The zero-order valence-electron chi connectivity index (χ0n) is 38.2. The molecule has 3 aromatic heterocycles. The molecule has 4 fully saturated rings. The summed E-state index contributed by atoms with van der Waals surface area (Å²) in [6.07, 6.45) is 14.2. The fourth-order valence-corrected chi connectivity index (χ4v) is 12.5. The van der Waals surface area contributed by atoms with Gasteiger partial charge in [0.05, 0.1) is 17.8 Å². The summed E-state index contributed by atoms with van der Waals surface area (Å²) >= 11 is 0. The number of nitrogens with one attached hydrogen (secondary N) is 3. The third-order valence-electron chi connectivity index (χ3n) is 15.4. The van der Waals surface area contributed by atoms with Gasteiger partial charge in [-0.05, 0) is 139 Å². The highest BCUT2D eigenvalue weighted by Gasteiger charge is 2.50. The fraction of sp³-hybridized carbons (Fsp3) is 0.500. The van der Waals surface area contributed by atoms with Crippen molar-refractivity contribution in [2.45, 2.75) is 121 Å². The molecule has 2 saturated heterocycles. The molecule has 2 aromatic carbocycles. The summed E-state index contributed by atoms with van der Waals surface area (Å²) in [5.74, 6) is -0.447. The first-order valence-corrected chi connectivity index (χ1v) is 25.1. The Kier molecular flexibility index (Phi) is 11.5. The van der Waals surface area contributed by atoms with Crippen LogP contribution in [0.1, 0.15) is 125 Å². The minimum Gasteiger partial charge on any atom is -0.489 e. The van der Waals surface area contributed by atoms with Crippen molar-refractivity contribution in [2.75, 3.05) is 36.5 Å². The number of aromatic nitrogens is 3. The molecule has 1 spiro atoms. The van der Waals surface area contributed by atoms with Gasteiger partial charge in [0.15, 0.2) is 11.4 Å². The first-order chi connectivity index (χ1) is 31.6. The molecule has 15 nitrogen and oxygen atoms in total. The summed E-state index contributed by atoms with van der Waals surface area (Å²) in [6, 6.07) is 19.8. The lowest BCUT2D eigenvalue weighted by molar-refractivity contribution is -0.389. The molecule has 2 atom stereocenters. The van der Waals surface area contributed by atoms with Crippen molar-refractivity contribution in [2.24, 2.45) is 16.7 Å². The number of piperidine rings is 1. The average molecular weight is 917 g/mol. The topological polar surface area (TPSA) is 185 Å². The third kappa shape index (κ3) is 8.57. The van der Waals surface area contributed by atoms with Crippen LogP contribution in [0.15, 0.2) is 78.1 Å². The number of nitrogens with zero attached hydrogens (tertiary/aromatic N) is 5. The fourth-order valence-electron chi connectivity index (χ4n) is 11.5. The molecule has 1 amide bonds. The van der Waals surface area contributed by atoms with E-state index in [-0.39, 0.29) is 46.7 Å². The Hall–Kier alpha value is -5.74. The molecule has 66 heavy (non-hydrogen) atoms. The maximum atomic E-state index is 14.1. The smallest absolute Gasteiger partial charge is 0.392 e. The van der Waals surface area contributed by atoms with E-state index in [9.17, 15) is 23.3 Å². The molecular formula is C50H60N8O7S. The molecule has 5 aliphatic rings. The number of sulfonamides is 1. The molecule has 16 heteroatoms. The largest absolute Gasteiger partial charge is 0.489 e. The van der Waals surface area contributed by atoms with Crippen LogP contribution in [0.5, 0.6) is 17.2 Å². The number of likely N-dealkylation sites (tertiary alicyclic amines) is 1. The van der Waals surface area contributed by atoms with E-state index in [4.69, 9.17) is 9.47 Å². The van der Waals surface area contributed by atoms with E-state index in [1.807, 2.05) is 12.1 Å². The van der Waals surface area contributed by atoms with Crippen molar-refractivity contribution in [3.63, 3.8) is 0 Å². The number of hydrogen-bond acceptors (Lipinski definition) is 12. The van der Waals surface area contributed by atoms with Gasteiger partial charge < -0.3 is 34.8 Å². The zero-order chi connectivity index (χ0) is 46.0. The number of pyridine rings is 2. The monoisotopic (exact) mass is 916 g/mol. The van der Waals surface area contributed by atoms with Crippen molar-refractivity contribution in [1.29, 1.82) is 0 Å². The first-order valence-electron chi connectivity index (χ1n) is 23.6. The van der Waals surface area contributed by atoms with Crippen molar-refractivity contribution in [3.05, 3.63) is 99.9 Å². The highest BCUT2D eigenvalue weighted by atomic mass is 32.2. The lowest BCUT2D eigenvalue weighted by atomic mass is 9.59. The quantitative estimate of drug-likeness (QED) is 0.0843. The Labute approximate surface area is 386 Å². The van der Waals surface area contributed by atoms with Gasteiger partial charge in [-0.25, -0.2) is 9.71 Å². The zero-order valence-corrected chi connectivity index (χ0v) is 39.0. The average Bonchev–Trinajstić information content (AvgIpc) is 3.98. The SMILES string of the molecule is CC(C)c1ccccc1[C@@H]1CCCN1C1CC2(CCN(c3ccc(C(=O)NS(=O)(=O)c4cc5c(c([N+](=O)[O-])n4)N[C@@H](C4CCC(C)(C)CC4)CO5)c(Oc4cnc5[nH]ccc5c4)c3)CC2)C1. The lowest BCUT2D eigenvalue weighted by Crippen LogP contribution is -2.54. The van der Waals surface area contributed by atoms with E-state index in [1.54, 1.807) is 24.4 Å². The van der Waals surface area contributed by atoms with Gasteiger partial charge >= 0.3 is 15.8 Å². The number of benzene rings is 2. The van der Waals surface area contributed by atoms with E-state index in [0.29, 0.717) is 34.8 Å². The van der Waals surface area contributed by atoms with Gasteiger partial charge in [0.25, 0.3) is 10.9 Å². The van der Waals surface area contributed by atoms with Gasteiger partial charge in [-0.1, -0.05) is 52.0 Å². The Morgan fingerprint density at radius 1 is 1.00 bits per heavy atom. The standard InChI is InChI=1S/C50H60N8O7S/c1-31(2)37-8-5-6-9-38(37)41-10-7-21-57(41)35-27-50(28-35)18-22-56(23-19-50)34-11-12-39(42(25-34)65-36-24-33-15-20-51-46(33)52-29-36)48(59)55-66(62,63)44-26-43-45(47(54-44)58(60)61)53-40(30-64-43)32-13-16-49(3,4)17-14-32/h5-6,8-9,11-12,15,20,24-26,29,31-32,35,40-41,53H,7,10,13-14,16-19,21-23,27-28,30H2,1-4H3,(H,51,52)(H,55,59)/t40-,41+/m1/s1. The van der Waals surface area contributed by atoms with Crippen molar-refractivity contribution in [1.82, 2.24) is 24.6 Å². The lowest BCUT2D eigenvalue weighted by Gasteiger charge is -2.56. The molecule has 0 unspecified atom stereocenters. The van der Waals surface area contributed by atoms with Gasteiger partial charge in [-0.15, -0.1) is 0 Å². The number of amides is 1. The molecule has 5 aromatic rings. The summed E-state index contributed by atoms with van der Waals surface area (Å²) in [5.41, 5.74) is 5.00. The molecule has 0 bridgehead atoms. The van der Waals surface area contributed by atoms with E-state index in [0.717, 1.165) is 75.3 Å². The van der Waals surface area contributed by atoms with Crippen molar-refractivity contribution in [3.8, 4) is 17.2 Å². The molecule has 3 aliphatic heterocycles. The number of ether oxygens (including phenoxy) is 2. The van der Waals surface area contributed by atoms with E-state index >= 15 is 0 Å². The van der Waals surface area contributed by atoms with Gasteiger partial charge in [-0.3, -0.25) is 9.69 Å². The second kappa shape index (κ2) is 17.2. The Morgan fingerprint density at radius 3 is 2.53 bits per heavy atom. The predicted octanol–water partition coefficient (Wildman–Crippen LogP) is 9.88. The Balaban J connectivity index is 0.855. The molecule has 6 heterocycles. The summed E-state index contributed by atoms with van der Waals surface area (Å²) in [7, 11) is -4.74. The van der Waals surface area contributed by atoms with Crippen LogP contribution in [-0.2, 0) is 10.0 Å². The van der Waals surface area contributed by atoms with Crippen LogP contribution in [0, 0.1) is 26.9 Å². The number of aromatic amines is 1. The number of hydrogen-bond donors (Lipinski definition) is 3. The molecule has 0 radical (unpaired) electrons. The van der Waals surface area contributed by atoms with Crippen LogP contribution in [0.2, 0.25) is 0 Å². The summed E-state index contributed by atoms with van der Waals surface area (Å²) in [5, 5.41) is 15.7. The number of fused-ring (bicyclic) bond motifs is 2. The van der Waals surface area contributed by atoms with Crippen LogP contribution in [0.3, 0.4) is 0 Å². The second-order valence-electron chi connectivity index (χ2n) is 20.5. The molecule has 348 valence electrons. The van der Waals surface area contributed by atoms with E-state index in [1.165, 1.54) is 43.0 Å². The maximum Gasteiger partial charge on any atom is 0.392 e. The van der Waals surface area contributed by atoms with Gasteiger partial charge in [0, 0.05) is 54.6 Å². The Morgan fingerprint density at radius 2 is 1.77 bits per heavy atom. The van der Waals surface area contributed by atoms with Crippen LogP contribution in [0.4, 0.5) is 17.2 Å². The third-order valence-corrected chi connectivity index (χ3v) is 16.6. The minimum absolute atomic E-state index is 0.00803. The number of rotatable bonds is 11. The number of carbonyl (C=O) groups excluding carboxylic acids is 1. The molecule has 10 rings (SSSR count). The second-order valence-corrected chi connectivity index (χ2v) is 22.1. The molecule has 2 saturated carbocycles. The predicted molar refractivity (Wildman–Crippen MR) is 253 cm³/mol. The highest BCUT2D eigenvalue weighted by molar-refractivity contribution is 7.90.